The molecule has 1 fully saturated rings. The van der Waals surface area contributed by atoms with Crippen molar-refractivity contribution in [3.63, 3.8) is 0 Å². The van der Waals surface area contributed by atoms with Crippen molar-refractivity contribution in [1.29, 1.82) is 0 Å². The van der Waals surface area contributed by atoms with Gasteiger partial charge in [0, 0.05) is 4.47 Å². The van der Waals surface area contributed by atoms with Crippen LogP contribution in [0.2, 0.25) is 0 Å². The summed E-state index contributed by atoms with van der Waals surface area (Å²) in [6.45, 7) is 0.479. The fourth-order valence-corrected chi connectivity index (χ4v) is 3.67. The van der Waals surface area contributed by atoms with Crippen LogP contribution in [0.4, 0.5) is 5.69 Å². The van der Waals surface area contributed by atoms with Crippen LogP contribution >= 0.6 is 15.9 Å². The van der Waals surface area contributed by atoms with Gasteiger partial charge >= 0.3 is 0 Å². The van der Waals surface area contributed by atoms with E-state index in [0.29, 0.717) is 18.7 Å². The number of imide groups is 1. The molecule has 3 rings (SSSR count). The molecule has 7 nitrogen and oxygen atoms in total. The van der Waals surface area contributed by atoms with Crippen molar-refractivity contribution in [2.75, 3.05) is 11.4 Å². The Morgan fingerprint density at radius 1 is 1.07 bits per heavy atom. The number of hydrogen-bond donors (Lipinski definition) is 2. The van der Waals surface area contributed by atoms with E-state index < -0.39 is 16.1 Å². The maximum absolute atomic E-state index is 12.5. The van der Waals surface area contributed by atoms with Crippen molar-refractivity contribution < 1.29 is 18.0 Å². The Balaban J connectivity index is 1.58. The van der Waals surface area contributed by atoms with Gasteiger partial charge in [-0.15, -0.1) is 0 Å². The molecule has 0 saturated carbocycles. The Bertz CT molecular complexity index is 959. The van der Waals surface area contributed by atoms with Gasteiger partial charge in [0.1, 0.15) is 0 Å². The van der Waals surface area contributed by atoms with Gasteiger partial charge in [-0.2, -0.15) is 0 Å². The van der Waals surface area contributed by atoms with Crippen molar-refractivity contribution in [3.8, 4) is 0 Å². The maximum atomic E-state index is 12.5. The van der Waals surface area contributed by atoms with Crippen molar-refractivity contribution in [3.05, 3.63) is 58.6 Å². The average Bonchev–Trinajstić information content (AvgIpc) is 2.89. The minimum Gasteiger partial charge on any atom is -0.305 e. The first-order chi connectivity index (χ1) is 12.8. The number of rotatable bonds is 6. The SMILES string of the molecule is NS(=O)(=O)c1ccc(CCN[C@H]2CC(=O)N(c3ccc(Br)cc3)C2=O)cc1. The number of primary sulfonamides is 1. The maximum Gasteiger partial charge on any atom is 0.251 e. The standard InChI is InChI=1S/C18H18BrN3O4S/c19-13-3-5-14(6-4-13)22-17(23)11-16(18(22)24)21-10-9-12-1-7-15(8-2-12)27(20,25)26/h1-8,16,21H,9-11H2,(H2,20,25,26)/t16-/m0/s1. The van der Waals surface area contributed by atoms with E-state index >= 15 is 0 Å². The number of amides is 2. The monoisotopic (exact) mass is 451 g/mol. The van der Waals surface area contributed by atoms with Gasteiger partial charge in [-0.1, -0.05) is 28.1 Å². The number of carbonyl (C=O) groups excluding carboxylic acids is 2. The van der Waals surface area contributed by atoms with Gasteiger partial charge in [0.2, 0.25) is 15.9 Å². The minimum absolute atomic E-state index is 0.0564. The summed E-state index contributed by atoms with van der Waals surface area (Å²) in [4.78, 5) is 26.0. The van der Waals surface area contributed by atoms with Crippen LogP contribution in [0.3, 0.4) is 0 Å². The number of nitrogens with one attached hydrogen (secondary N) is 1. The molecule has 2 aromatic carbocycles. The van der Waals surface area contributed by atoms with E-state index in [1.165, 1.54) is 17.0 Å². The number of halogens is 1. The molecular weight excluding hydrogens is 434 g/mol. The van der Waals surface area contributed by atoms with Crippen molar-refractivity contribution in [2.45, 2.75) is 23.8 Å². The fraction of sp³-hybridized carbons (Fsp3) is 0.222. The van der Waals surface area contributed by atoms with Gasteiger partial charge in [0.15, 0.2) is 0 Å². The minimum atomic E-state index is -3.71. The van der Waals surface area contributed by atoms with Crippen LogP contribution in [0.5, 0.6) is 0 Å². The molecule has 1 saturated heterocycles. The molecule has 2 amide bonds. The summed E-state index contributed by atoms with van der Waals surface area (Å²) in [7, 11) is -3.71. The third kappa shape index (κ3) is 4.62. The van der Waals surface area contributed by atoms with Crippen LogP contribution < -0.4 is 15.4 Å². The van der Waals surface area contributed by atoms with Crippen LogP contribution in [-0.2, 0) is 26.0 Å². The van der Waals surface area contributed by atoms with Gasteiger partial charge in [-0.25, -0.2) is 18.5 Å². The lowest BCUT2D eigenvalue weighted by Crippen LogP contribution is -2.39. The average molecular weight is 452 g/mol. The quantitative estimate of drug-likeness (QED) is 0.647. The Morgan fingerprint density at radius 3 is 2.30 bits per heavy atom. The summed E-state index contributed by atoms with van der Waals surface area (Å²) < 4.78 is 23.4. The molecule has 3 N–H and O–H groups in total. The zero-order chi connectivity index (χ0) is 19.6. The van der Waals surface area contributed by atoms with Crippen LogP contribution in [0, 0.1) is 0 Å². The second-order valence-electron chi connectivity index (χ2n) is 6.19. The third-order valence-electron chi connectivity index (χ3n) is 4.29. The first-order valence-electron chi connectivity index (χ1n) is 8.23. The van der Waals surface area contributed by atoms with E-state index in [2.05, 4.69) is 21.2 Å². The normalized spacial score (nSPS) is 17.6. The molecule has 1 heterocycles. The summed E-state index contributed by atoms with van der Waals surface area (Å²) in [5, 5.41) is 8.17. The van der Waals surface area contributed by atoms with Crippen molar-refractivity contribution in [2.24, 2.45) is 5.14 Å². The van der Waals surface area contributed by atoms with Crippen molar-refractivity contribution in [1.82, 2.24) is 5.32 Å². The second kappa shape index (κ2) is 7.89. The Labute approximate surface area is 165 Å². The molecule has 0 aliphatic carbocycles. The molecule has 9 heteroatoms. The van der Waals surface area contributed by atoms with Gasteiger partial charge in [-0.3, -0.25) is 9.59 Å². The molecule has 0 radical (unpaired) electrons. The smallest absolute Gasteiger partial charge is 0.251 e. The summed E-state index contributed by atoms with van der Waals surface area (Å²) in [6.07, 6.45) is 0.695. The van der Waals surface area contributed by atoms with Crippen LogP contribution in [-0.4, -0.2) is 32.8 Å². The summed E-state index contributed by atoms with van der Waals surface area (Å²) in [5.74, 6) is -0.510. The highest BCUT2D eigenvalue weighted by atomic mass is 79.9. The molecule has 0 bridgehead atoms. The predicted molar refractivity (Wildman–Crippen MR) is 105 cm³/mol. The molecular formula is C18H18BrN3O4S. The van der Waals surface area contributed by atoms with E-state index in [4.69, 9.17) is 5.14 Å². The number of benzene rings is 2. The lowest BCUT2D eigenvalue weighted by Gasteiger charge is -2.15. The number of nitrogens with zero attached hydrogens (tertiary/aromatic N) is 1. The van der Waals surface area contributed by atoms with E-state index in [1.54, 1.807) is 36.4 Å². The molecule has 0 unspecified atom stereocenters. The number of carbonyl (C=O) groups is 2. The second-order valence-corrected chi connectivity index (χ2v) is 8.67. The van der Waals surface area contributed by atoms with Crippen LogP contribution in [0.1, 0.15) is 12.0 Å². The summed E-state index contributed by atoms with van der Waals surface area (Å²) in [6, 6.07) is 12.7. The van der Waals surface area contributed by atoms with Gasteiger partial charge in [0.25, 0.3) is 5.91 Å². The van der Waals surface area contributed by atoms with E-state index in [0.717, 1.165) is 10.0 Å². The molecule has 2 aromatic rings. The number of anilines is 1. The molecule has 0 spiro atoms. The number of nitrogens with two attached hydrogens (primary N) is 1. The van der Waals surface area contributed by atoms with Gasteiger partial charge < -0.3 is 5.32 Å². The summed E-state index contributed by atoms with van der Waals surface area (Å²) in [5.41, 5.74) is 1.45. The lowest BCUT2D eigenvalue weighted by atomic mass is 10.1. The molecule has 1 aliphatic heterocycles. The van der Waals surface area contributed by atoms with Crippen LogP contribution in [0.15, 0.2) is 57.9 Å². The molecule has 27 heavy (non-hydrogen) atoms. The van der Waals surface area contributed by atoms with Crippen molar-refractivity contribution >= 4 is 43.5 Å². The zero-order valence-corrected chi connectivity index (χ0v) is 16.7. The molecule has 0 aromatic heterocycles. The number of sulfonamides is 1. The molecule has 142 valence electrons. The fourth-order valence-electron chi connectivity index (χ4n) is 2.89. The Kier molecular flexibility index (Phi) is 5.75. The largest absolute Gasteiger partial charge is 0.305 e. The predicted octanol–water partition coefficient (Wildman–Crippen LogP) is 1.56. The van der Waals surface area contributed by atoms with Crippen LogP contribution in [0.25, 0.3) is 0 Å². The van der Waals surface area contributed by atoms with E-state index in [1.807, 2.05) is 0 Å². The van der Waals surface area contributed by atoms with E-state index in [9.17, 15) is 18.0 Å². The highest BCUT2D eigenvalue weighted by molar-refractivity contribution is 9.10. The highest BCUT2D eigenvalue weighted by Gasteiger charge is 2.39. The number of hydrogen-bond acceptors (Lipinski definition) is 5. The molecule has 1 aliphatic rings. The zero-order valence-electron chi connectivity index (χ0n) is 14.3. The first kappa shape index (κ1) is 19.7. The lowest BCUT2D eigenvalue weighted by molar-refractivity contribution is -0.121. The Hall–Kier alpha value is -2.07. The topological polar surface area (TPSA) is 110 Å². The van der Waals surface area contributed by atoms with E-state index in [-0.39, 0.29) is 23.1 Å². The van der Waals surface area contributed by atoms with Gasteiger partial charge in [0.05, 0.1) is 23.0 Å². The third-order valence-corrected chi connectivity index (χ3v) is 5.75. The highest BCUT2D eigenvalue weighted by Crippen LogP contribution is 2.24. The Morgan fingerprint density at radius 2 is 1.70 bits per heavy atom. The first-order valence-corrected chi connectivity index (χ1v) is 10.6. The van der Waals surface area contributed by atoms with Gasteiger partial charge in [-0.05, 0) is 54.9 Å². The molecule has 1 atom stereocenters. The summed E-state index contributed by atoms with van der Waals surface area (Å²) >= 11 is 3.33.